The van der Waals surface area contributed by atoms with Crippen molar-refractivity contribution in [1.82, 2.24) is 30.5 Å². The molecule has 4 heterocycles. The van der Waals surface area contributed by atoms with E-state index in [1.807, 2.05) is 13.0 Å². The van der Waals surface area contributed by atoms with Gasteiger partial charge in [0.2, 0.25) is 11.7 Å². The first-order valence-electron chi connectivity index (χ1n) is 11.9. The molecule has 0 bridgehead atoms. The molecule has 3 aromatic heterocycles. The molecule has 0 radical (unpaired) electrons. The molecule has 3 aromatic rings. The van der Waals surface area contributed by atoms with Crippen molar-refractivity contribution >= 4 is 22.8 Å². The molecular formula is C24H28N8O2. The van der Waals surface area contributed by atoms with Crippen LogP contribution in [0.1, 0.15) is 61.3 Å². The van der Waals surface area contributed by atoms with Crippen molar-refractivity contribution < 1.29 is 9.53 Å². The fraction of sp³-hybridized carbons (Fsp3) is 0.500. The molecule has 0 unspecified atom stereocenters. The molecule has 2 fully saturated rings. The average molecular weight is 461 g/mol. The summed E-state index contributed by atoms with van der Waals surface area (Å²) in [4.78, 5) is 28.0. The van der Waals surface area contributed by atoms with Crippen LogP contribution in [-0.2, 0) is 0 Å². The van der Waals surface area contributed by atoms with E-state index in [4.69, 9.17) is 4.74 Å². The number of nitrogens with one attached hydrogen (secondary N) is 2. The number of pyridine rings is 1. The fourth-order valence-electron chi connectivity index (χ4n) is 4.29. The quantitative estimate of drug-likeness (QED) is 0.524. The molecule has 10 nitrogen and oxygen atoms in total. The number of amides is 1. The van der Waals surface area contributed by atoms with Gasteiger partial charge in [-0.15, -0.1) is 0 Å². The largest absolute Gasteiger partial charge is 0.476 e. The van der Waals surface area contributed by atoms with Crippen molar-refractivity contribution in [2.75, 3.05) is 31.1 Å². The zero-order valence-electron chi connectivity index (χ0n) is 19.3. The first-order valence-corrected chi connectivity index (χ1v) is 11.9. The van der Waals surface area contributed by atoms with Gasteiger partial charge in [0.1, 0.15) is 12.4 Å². The molecule has 0 spiro atoms. The van der Waals surface area contributed by atoms with Crippen LogP contribution in [0.25, 0.3) is 11.0 Å². The molecule has 1 aliphatic carbocycles. The number of nitriles is 1. The van der Waals surface area contributed by atoms with Crippen LogP contribution in [0.5, 0.6) is 5.88 Å². The second kappa shape index (κ2) is 9.25. The second-order valence-electron chi connectivity index (χ2n) is 9.09. The topological polar surface area (TPSA) is 133 Å². The third kappa shape index (κ3) is 4.51. The molecule has 1 amide bonds. The van der Waals surface area contributed by atoms with Crippen LogP contribution in [0.4, 0.5) is 5.82 Å². The zero-order chi connectivity index (χ0) is 23.5. The lowest BCUT2D eigenvalue weighted by atomic mass is 9.92. The lowest BCUT2D eigenvalue weighted by Crippen LogP contribution is -2.34. The number of nitrogens with zero attached hydrogens (tertiary/aromatic N) is 6. The number of anilines is 1. The standard InChI is InChI=1S/C24H28N8O2/c1-2-9-27-23(33)22-28-18(13-19(29-22)34-15-24(14-25)7-8-24)32-11-5-16(6-12-32)20-17-4-3-10-26-21(17)31-30-20/h3-4,10,13,16H,2,5-9,11-12,15H2,1H3,(H,27,33)(H,26,30,31). The summed E-state index contributed by atoms with van der Waals surface area (Å²) in [6, 6.07) is 8.09. The molecule has 1 saturated carbocycles. The minimum Gasteiger partial charge on any atom is -0.476 e. The first kappa shape index (κ1) is 22.1. The predicted molar refractivity (Wildman–Crippen MR) is 126 cm³/mol. The van der Waals surface area contributed by atoms with Gasteiger partial charge < -0.3 is 15.0 Å². The smallest absolute Gasteiger partial charge is 0.289 e. The number of carbonyl (C=O) groups is 1. The van der Waals surface area contributed by atoms with Crippen LogP contribution in [0.15, 0.2) is 24.4 Å². The van der Waals surface area contributed by atoms with Gasteiger partial charge in [-0.05, 0) is 44.2 Å². The number of aromatic nitrogens is 5. The molecule has 0 atom stereocenters. The maximum absolute atomic E-state index is 12.6. The van der Waals surface area contributed by atoms with Crippen molar-refractivity contribution in [1.29, 1.82) is 5.26 Å². The van der Waals surface area contributed by atoms with Gasteiger partial charge in [0.05, 0.1) is 17.2 Å². The van der Waals surface area contributed by atoms with Crippen LogP contribution >= 0.6 is 0 Å². The summed E-state index contributed by atoms with van der Waals surface area (Å²) < 4.78 is 5.88. The van der Waals surface area contributed by atoms with E-state index in [9.17, 15) is 10.1 Å². The molecule has 10 heteroatoms. The van der Waals surface area contributed by atoms with E-state index in [1.165, 1.54) is 0 Å². The van der Waals surface area contributed by atoms with E-state index < -0.39 is 5.41 Å². The van der Waals surface area contributed by atoms with E-state index in [-0.39, 0.29) is 18.3 Å². The third-order valence-electron chi connectivity index (χ3n) is 6.59. The monoisotopic (exact) mass is 460 g/mol. The number of hydrogen-bond donors (Lipinski definition) is 2. The minimum atomic E-state index is -0.421. The Hall–Kier alpha value is -3.74. The van der Waals surface area contributed by atoms with Gasteiger partial charge in [0.15, 0.2) is 5.65 Å². The zero-order valence-corrected chi connectivity index (χ0v) is 19.3. The number of hydrogen-bond acceptors (Lipinski definition) is 8. The normalized spacial score (nSPS) is 17.4. The Kier molecular flexibility index (Phi) is 6.01. The van der Waals surface area contributed by atoms with Gasteiger partial charge in [-0.3, -0.25) is 9.89 Å². The summed E-state index contributed by atoms with van der Waals surface area (Å²) in [6.45, 7) is 4.37. The molecule has 1 aliphatic heterocycles. The number of carbonyl (C=O) groups excluding carboxylic acids is 1. The highest BCUT2D eigenvalue weighted by Crippen LogP contribution is 2.45. The van der Waals surface area contributed by atoms with Gasteiger partial charge in [-0.2, -0.15) is 15.3 Å². The van der Waals surface area contributed by atoms with Crippen molar-refractivity contribution in [3.8, 4) is 11.9 Å². The van der Waals surface area contributed by atoms with Crippen LogP contribution < -0.4 is 15.0 Å². The second-order valence-corrected chi connectivity index (χ2v) is 9.09. The SMILES string of the molecule is CCCNC(=O)c1nc(OCC2(C#N)CC2)cc(N2CCC(c3n[nH]c4ncccc34)CC2)n1. The van der Waals surface area contributed by atoms with Crippen molar-refractivity contribution in [3.05, 3.63) is 35.9 Å². The van der Waals surface area contributed by atoms with E-state index in [2.05, 4.69) is 47.5 Å². The molecule has 34 heavy (non-hydrogen) atoms. The molecule has 0 aromatic carbocycles. The molecular weight excluding hydrogens is 432 g/mol. The highest BCUT2D eigenvalue weighted by molar-refractivity contribution is 5.91. The van der Waals surface area contributed by atoms with Gasteiger partial charge in [-0.1, -0.05) is 6.92 Å². The van der Waals surface area contributed by atoms with Gasteiger partial charge in [0, 0.05) is 43.2 Å². The number of piperidine rings is 1. The summed E-state index contributed by atoms with van der Waals surface area (Å²) >= 11 is 0. The maximum atomic E-state index is 12.6. The summed E-state index contributed by atoms with van der Waals surface area (Å²) in [5.74, 6) is 1.10. The van der Waals surface area contributed by atoms with Crippen LogP contribution in [-0.4, -0.2) is 57.3 Å². The Balaban J connectivity index is 1.33. The van der Waals surface area contributed by atoms with Crippen molar-refractivity contribution in [3.63, 3.8) is 0 Å². The summed E-state index contributed by atoms with van der Waals surface area (Å²) in [5, 5.41) is 20.8. The van der Waals surface area contributed by atoms with Crippen LogP contribution in [0, 0.1) is 16.7 Å². The molecule has 176 valence electrons. The van der Waals surface area contributed by atoms with E-state index in [0.717, 1.165) is 61.9 Å². The average Bonchev–Trinajstić information content (AvgIpc) is 3.55. The highest BCUT2D eigenvalue weighted by Gasteiger charge is 2.44. The van der Waals surface area contributed by atoms with Gasteiger partial charge >= 0.3 is 0 Å². The van der Waals surface area contributed by atoms with E-state index in [1.54, 1.807) is 12.3 Å². The van der Waals surface area contributed by atoms with Gasteiger partial charge in [-0.25, -0.2) is 9.97 Å². The number of aromatic amines is 1. The Morgan fingerprint density at radius 3 is 2.91 bits per heavy atom. The number of fused-ring (bicyclic) bond motifs is 1. The fourth-order valence-corrected chi connectivity index (χ4v) is 4.29. The maximum Gasteiger partial charge on any atom is 0.289 e. The Morgan fingerprint density at radius 2 is 2.18 bits per heavy atom. The first-order chi connectivity index (χ1) is 16.6. The van der Waals surface area contributed by atoms with E-state index in [0.29, 0.717) is 24.2 Å². The number of ether oxygens (including phenoxy) is 1. The lowest BCUT2D eigenvalue weighted by Gasteiger charge is -2.32. The Labute approximate surface area is 197 Å². The summed E-state index contributed by atoms with van der Waals surface area (Å²) in [5.41, 5.74) is 1.45. The molecule has 2 aliphatic rings. The van der Waals surface area contributed by atoms with Crippen LogP contribution in [0.2, 0.25) is 0 Å². The molecule has 1 saturated heterocycles. The van der Waals surface area contributed by atoms with E-state index >= 15 is 0 Å². The highest BCUT2D eigenvalue weighted by atomic mass is 16.5. The third-order valence-corrected chi connectivity index (χ3v) is 6.59. The predicted octanol–water partition coefficient (Wildman–Crippen LogP) is 2.95. The summed E-state index contributed by atoms with van der Waals surface area (Å²) in [7, 11) is 0. The summed E-state index contributed by atoms with van der Waals surface area (Å²) in [6.07, 6.45) is 6.06. The Bertz CT molecular complexity index is 1220. The van der Waals surface area contributed by atoms with Crippen molar-refractivity contribution in [2.45, 2.75) is 44.9 Å². The molecule has 5 rings (SSSR count). The Morgan fingerprint density at radius 1 is 1.35 bits per heavy atom. The van der Waals surface area contributed by atoms with Crippen LogP contribution in [0.3, 0.4) is 0 Å². The van der Waals surface area contributed by atoms with Gasteiger partial charge in [0.25, 0.3) is 5.91 Å². The minimum absolute atomic E-state index is 0.0919. The van der Waals surface area contributed by atoms with Crippen molar-refractivity contribution in [2.24, 2.45) is 5.41 Å². The lowest BCUT2D eigenvalue weighted by molar-refractivity contribution is 0.0941. The number of rotatable bonds is 8. The number of H-pyrrole nitrogens is 1. The molecule has 2 N–H and O–H groups in total.